The summed E-state index contributed by atoms with van der Waals surface area (Å²) in [6, 6.07) is 26.3. The Morgan fingerprint density at radius 3 is 2.46 bits per heavy atom. The fourth-order valence-electron chi connectivity index (χ4n) is 4.43. The fourth-order valence-corrected chi connectivity index (χ4v) is 4.43. The van der Waals surface area contributed by atoms with E-state index < -0.39 is 0 Å². The highest BCUT2D eigenvalue weighted by molar-refractivity contribution is 5.78. The van der Waals surface area contributed by atoms with Crippen LogP contribution in [0.2, 0.25) is 0 Å². The van der Waals surface area contributed by atoms with Gasteiger partial charge in [-0.05, 0) is 55.0 Å². The molecule has 4 rings (SSSR count). The number of nitrogens with one attached hydrogen (secondary N) is 1. The average Bonchev–Trinajstić information content (AvgIpc) is 3.25. The number of hydrogen-bond donors (Lipinski definition) is 1. The van der Waals surface area contributed by atoms with E-state index in [1.54, 1.807) is 0 Å². The van der Waals surface area contributed by atoms with Crippen molar-refractivity contribution in [1.82, 2.24) is 14.9 Å². The van der Waals surface area contributed by atoms with Gasteiger partial charge in [-0.3, -0.25) is 4.79 Å². The van der Waals surface area contributed by atoms with Gasteiger partial charge in [-0.1, -0.05) is 74.5 Å². The maximum atomic E-state index is 12.7. The minimum absolute atomic E-state index is 0.0357. The van der Waals surface area contributed by atoms with Crippen LogP contribution in [0.15, 0.2) is 78.9 Å². The molecule has 1 amide bonds. The molecule has 0 aliphatic heterocycles. The first kappa shape index (κ1) is 24.5. The summed E-state index contributed by atoms with van der Waals surface area (Å²) < 4.78 is 8.36. The Labute approximate surface area is 208 Å². The molecular formula is C30H35N3O2. The van der Waals surface area contributed by atoms with Crippen LogP contribution in [0.1, 0.15) is 62.5 Å². The van der Waals surface area contributed by atoms with Crippen molar-refractivity contribution >= 4 is 16.9 Å². The molecule has 1 N–H and O–H groups in total. The summed E-state index contributed by atoms with van der Waals surface area (Å²) in [5.41, 5.74) is 4.42. The lowest BCUT2D eigenvalue weighted by Crippen LogP contribution is -2.29. The molecule has 0 spiro atoms. The minimum Gasteiger partial charge on any atom is -0.493 e. The van der Waals surface area contributed by atoms with Crippen LogP contribution in [-0.2, 0) is 17.8 Å². The molecule has 3 aromatic carbocycles. The van der Waals surface area contributed by atoms with Crippen LogP contribution in [0.5, 0.6) is 5.75 Å². The largest absolute Gasteiger partial charge is 0.493 e. The average molecular weight is 470 g/mol. The van der Waals surface area contributed by atoms with Crippen LogP contribution in [0, 0.1) is 0 Å². The highest BCUT2D eigenvalue weighted by atomic mass is 16.5. The predicted molar refractivity (Wildman–Crippen MR) is 142 cm³/mol. The Kier molecular flexibility index (Phi) is 8.19. The van der Waals surface area contributed by atoms with Gasteiger partial charge < -0.3 is 14.6 Å². The monoisotopic (exact) mass is 469 g/mol. The van der Waals surface area contributed by atoms with Crippen LogP contribution in [0.3, 0.4) is 0 Å². The molecule has 0 aliphatic rings. The second kappa shape index (κ2) is 11.7. The third-order valence-electron chi connectivity index (χ3n) is 6.26. The molecule has 1 aromatic heterocycles. The summed E-state index contributed by atoms with van der Waals surface area (Å²) in [7, 11) is 0. The summed E-state index contributed by atoms with van der Waals surface area (Å²) in [4.78, 5) is 17.5. The predicted octanol–water partition coefficient (Wildman–Crippen LogP) is 6.44. The first-order chi connectivity index (χ1) is 17.0. The van der Waals surface area contributed by atoms with E-state index in [1.807, 2.05) is 55.5 Å². The minimum atomic E-state index is -0.187. The van der Waals surface area contributed by atoms with Gasteiger partial charge in [-0.15, -0.1) is 0 Å². The number of carbonyl (C=O) groups excluding carboxylic acids is 1. The summed E-state index contributed by atoms with van der Waals surface area (Å²) in [5.74, 6) is 2.29. The number of nitrogens with zero attached hydrogens (tertiary/aromatic N) is 2. The molecule has 0 radical (unpaired) electrons. The number of hydrogen-bond acceptors (Lipinski definition) is 3. The lowest BCUT2D eigenvalue weighted by Gasteiger charge is -2.17. The molecule has 5 nitrogen and oxygen atoms in total. The molecule has 5 heteroatoms. The van der Waals surface area contributed by atoms with Gasteiger partial charge in [-0.25, -0.2) is 4.98 Å². The number of benzene rings is 3. The quantitative estimate of drug-likeness (QED) is 0.257. The summed E-state index contributed by atoms with van der Waals surface area (Å²) >= 11 is 0. The number of carbonyl (C=O) groups is 1. The van der Waals surface area contributed by atoms with Gasteiger partial charge in [0.05, 0.1) is 23.7 Å². The molecule has 35 heavy (non-hydrogen) atoms. The zero-order valence-electron chi connectivity index (χ0n) is 20.9. The van der Waals surface area contributed by atoms with Gasteiger partial charge in [0, 0.05) is 13.0 Å². The van der Waals surface area contributed by atoms with Gasteiger partial charge in [0.25, 0.3) is 0 Å². The van der Waals surface area contributed by atoms with E-state index in [4.69, 9.17) is 9.72 Å². The smallest absolute Gasteiger partial charge is 0.220 e. The van der Waals surface area contributed by atoms with E-state index in [2.05, 4.69) is 54.1 Å². The second-order valence-corrected chi connectivity index (χ2v) is 9.28. The van der Waals surface area contributed by atoms with Crippen molar-refractivity contribution < 1.29 is 9.53 Å². The number of ether oxygens (including phenoxy) is 1. The molecule has 4 aromatic rings. The molecule has 1 atom stereocenters. The van der Waals surface area contributed by atoms with Gasteiger partial charge in [0.15, 0.2) is 0 Å². The first-order valence-corrected chi connectivity index (χ1v) is 12.5. The molecule has 0 bridgehead atoms. The zero-order valence-corrected chi connectivity index (χ0v) is 20.9. The lowest BCUT2D eigenvalue weighted by molar-refractivity contribution is -0.121. The van der Waals surface area contributed by atoms with E-state index in [9.17, 15) is 4.79 Å². The summed E-state index contributed by atoms with van der Waals surface area (Å²) in [6.07, 6.45) is 2.02. The Balaban J connectivity index is 1.40. The van der Waals surface area contributed by atoms with Crippen LogP contribution >= 0.6 is 0 Å². The van der Waals surface area contributed by atoms with Gasteiger partial charge in [0.2, 0.25) is 5.91 Å². The van der Waals surface area contributed by atoms with Crippen molar-refractivity contribution in [3.63, 3.8) is 0 Å². The van der Waals surface area contributed by atoms with E-state index in [0.29, 0.717) is 18.9 Å². The van der Waals surface area contributed by atoms with Crippen LogP contribution in [0.4, 0.5) is 0 Å². The zero-order chi connectivity index (χ0) is 24.6. The van der Waals surface area contributed by atoms with Gasteiger partial charge >= 0.3 is 0 Å². The first-order valence-electron chi connectivity index (χ1n) is 12.5. The molecule has 1 unspecified atom stereocenters. The third-order valence-corrected chi connectivity index (χ3v) is 6.26. The lowest BCUT2D eigenvalue weighted by atomic mass is 10.0. The Morgan fingerprint density at radius 1 is 0.943 bits per heavy atom. The van der Waals surface area contributed by atoms with Crippen LogP contribution < -0.4 is 10.1 Å². The van der Waals surface area contributed by atoms with Crippen molar-refractivity contribution in [3.8, 4) is 5.75 Å². The number of amides is 1. The molecule has 182 valence electrons. The van der Waals surface area contributed by atoms with Crippen molar-refractivity contribution in [3.05, 3.63) is 95.8 Å². The number of imidazole rings is 1. The molecule has 0 fully saturated rings. The molecule has 1 heterocycles. The summed E-state index contributed by atoms with van der Waals surface area (Å²) in [6.45, 7) is 7.76. The van der Waals surface area contributed by atoms with Crippen molar-refractivity contribution in [1.29, 1.82) is 0 Å². The molecule has 0 saturated carbocycles. The van der Waals surface area contributed by atoms with E-state index >= 15 is 0 Å². The van der Waals surface area contributed by atoms with Crippen molar-refractivity contribution in [2.45, 2.75) is 58.5 Å². The van der Waals surface area contributed by atoms with Crippen LogP contribution in [-0.4, -0.2) is 22.1 Å². The number of rotatable bonds is 11. The number of aromatic nitrogens is 2. The van der Waals surface area contributed by atoms with Crippen LogP contribution in [0.25, 0.3) is 11.0 Å². The Morgan fingerprint density at radius 2 is 1.66 bits per heavy atom. The van der Waals surface area contributed by atoms with E-state index in [-0.39, 0.29) is 11.9 Å². The van der Waals surface area contributed by atoms with E-state index in [0.717, 1.165) is 42.0 Å². The number of aryl methyl sites for hydroxylation is 2. The standard InChI is InChI=1S/C30H35N3O2/c1-22(2)25-14-7-10-17-28(25)35-21-11-20-33-27-16-9-8-15-26(27)32-30(33)23(3)31-29(34)19-18-24-12-5-4-6-13-24/h4-10,12-17,22-23H,11,18-21H2,1-3H3,(H,31,34). The third kappa shape index (κ3) is 6.30. The molecule has 0 aliphatic carbocycles. The SMILES string of the molecule is CC(C)c1ccccc1OCCCn1c(C(C)NC(=O)CCc2ccccc2)nc2ccccc21. The molecular weight excluding hydrogens is 434 g/mol. The molecule has 0 saturated heterocycles. The van der Waals surface area contributed by atoms with Gasteiger partial charge in [0.1, 0.15) is 11.6 Å². The Bertz CT molecular complexity index is 1250. The maximum Gasteiger partial charge on any atom is 0.220 e. The number of fused-ring (bicyclic) bond motifs is 1. The highest BCUT2D eigenvalue weighted by Crippen LogP contribution is 2.26. The topological polar surface area (TPSA) is 56.1 Å². The van der Waals surface area contributed by atoms with Gasteiger partial charge in [-0.2, -0.15) is 0 Å². The van der Waals surface area contributed by atoms with Crippen molar-refractivity contribution in [2.75, 3.05) is 6.61 Å². The number of para-hydroxylation sites is 3. The highest BCUT2D eigenvalue weighted by Gasteiger charge is 2.18. The Hall–Kier alpha value is -3.60. The van der Waals surface area contributed by atoms with Crippen molar-refractivity contribution in [2.24, 2.45) is 0 Å². The van der Waals surface area contributed by atoms with E-state index in [1.165, 1.54) is 11.1 Å². The summed E-state index contributed by atoms with van der Waals surface area (Å²) in [5, 5.41) is 3.15. The fraction of sp³-hybridized carbons (Fsp3) is 0.333. The normalized spacial score (nSPS) is 12.1. The second-order valence-electron chi connectivity index (χ2n) is 9.28. The maximum absolute atomic E-state index is 12.7.